The maximum Gasteiger partial charge on any atom is 0.325 e. The third kappa shape index (κ3) is 13.1. The van der Waals surface area contributed by atoms with Crippen molar-refractivity contribution < 1.29 is 28.7 Å². The molecular formula is C23H37Cl3N4O6. The Hall–Kier alpha value is -1.59. The lowest BCUT2D eigenvalue weighted by Gasteiger charge is -2.34. The smallest absolute Gasteiger partial charge is 0.325 e. The normalized spacial score (nSPS) is 18.4. The largest absolute Gasteiger partial charge is 0.460 e. The SMILES string of the molecule is C/C=C/CC(=O)N[C@@H](COCC(C)(C)C)C(=O)N[C@@H](C)C(=O)N1CCC[C@@H](C(=O)OCC(Cl)(Cl)Cl)N1. The zero-order valence-electron chi connectivity index (χ0n) is 21.4. The molecule has 1 aliphatic rings. The maximum absolute atomic E-state index is 13.0. The summed E-state index contributed by atoms with van der Waals surface area (Å²) in [4.78, 5) is 50.4. The van der Waals surface area contributed by atoms with Crippen molar-refractivity contribution in [2.45, 2.75) is 75.8 Å². The number of esters is 1. The van der Waals surface area contributed by atoms with Gasteiger partial charge in [0.2, 0.25) is 15.6 Å². The molecule has 1 aliphatic heterocycles. The van der Waals surface area contributed by atoms with Crippen LogP contribution in [-0.4, -0.2) is 77.0 Å². The average Bonchev–Trinajstić information content (AvgIpc) is 2.78. The van der Waals surface area contributed by atoms with Crippen LogP contribution in [0.5, 0.6) is 0 Å². The van der Waals surface area contributed by atoms with Crippen molar-refractivity contribution in [3.8, 4) is 0 Å². The summed E-state index contributed by atoms with van der Waals surface area (Å²) in [5, 5.41) is 6.53. The molecule has 0 bridgehead atoms. The van der Waals surface area contributed by atoms with E-state index in [4.69, 9.17) is 44.3 Å². The van der Waals surface area contributed by atoms with E-state index in [0.717, 1.165) is 0 Å². The van der Waals surface area contributed by atoms with Crippen LogP contribution in [0.4, 0.5) is 0 Å². The Labute approximate surface area is 227 Å². The van der Waals surface area contributed by atoms with Crippen molar-refractivity contribution >= 4 is 58.5 Å². The molecule has 10 nitrogen and oxygen atoms in total. The van der Waals surface area contributed by atoms with Crippen LogP contribution in [-0.2, 0) is 28.7 Å². The molecule has 0 spiro atoms. The molecule has 1 saturated heterocycles. The first kappa shape index (κ1) is 32.4. The van der Waals surface area contributed by atoms with Gasteiger partial charge in [0, 0.05) is 13.0 Å². The van der Waals surface area contributed by atoms with Gasteiger partial charge in [-0.3, -0.25) is 24.2 Å². The number of carbonyl (C=O) groups excluding carboxylic acids is 4. The fourth-order valence-corrected chi connectivity index (χ4v) is 3.29. The third-order valence-electron chi connectivity index (χ3n) is 4.85. The van der Waals surface area contributed by atoms with Crippen LogP contribution < -0.4 is 16.1 Å². The number of nitrogens with one attached hydrogen (secondary N) is 3. The van der Waals surface area contributed by atoms with Crippen LogP contribution in [0.2, 0.25) is 0 Å². The van der Waals surface area contributed by atoms with Crippen LogP contribution in [0.15, 0.2) is 12.2 Å². The average molecular weight is 572 g/mol. The second-order valence-corrected chi connectivity index (χ2v) is 12.3. The Balaban J connectivity index is 2.75. The van der Waals surface area contributed by atoms with Crippen molar-refractivity contribution in [2.75, 3.05) is 26.4 Å². The van der Waals surface area contributed by atoms with Gasteiger partial charge < -0.3 is 20.1 Å². The van der Waals surface area contributed by atoms with E-state index in [1.54, 1.807) is 19.1 Å². The minimum Gasteiger partial charge on any atom is -0.460 e. The molecule has 13 heteroatoms. The molecule has 0 aromatic heterocycles. The summed E-state index contributed by atoms with van der Waals surface area (Å²) < 4.78 is 8.90. The maximum atomic E-state index is 13.0. The highest BCUT2D eigenvalue weighted by Gasteiger charge is 2.33. The van der Waals surface area contributed by atoms with Gasteiger partial charge in [0.25, 0.3) is 5.91 Å². The summed E-state index contributed by atoms with van der Waals surface area (Å²) in [7, 11) is 0. The number of hydrogen-bond donors (Lipinski definition) is 3. The van der Waals surface area contributed by atoms with Gasteiger partial charge in [0.15, 0.2) is 0 Å². The fourth-order valence-electron chi connectivity index (χ4n) is 3.12. The van der Waals surface area contributed by atoms with Gasteiger partial charge in [-0.2, -0.15) is 0 Å². The van der Waals surface area contributed by atoms with E-state index < -0.39 is 46.3 Å². The Morgan fingerprint density at radius 3 is 2.39 bits per heavy atom. The van der Waals surface area contributed by atoms with Crippen molar-refractivity contribution in [1.29, 1.82) is 0 Å². The quantitative estimate of drug-likeness (QED) is 0.198. The van der Waals surface area contributed by atoms with E-state index in [9.17, 15) is 19.2 Å². The summed E-state index contributed by atoms with van der Waals surface area (Å²) in [6.45, 7) is 9.49. The van der Waals surface area contributed by atoms with E-state index in [1.165, 1.54) is 11.9 Å². The third-order valence-corrected chi connectivity index (χ3v) is 5.18. The topological polar surface area (TPSA) is 126 Å². The predicted molar refractivity (Wildman–Crippen MR) is 138 cm³/mol. The van der Waals surface area contributed by atoms with E-state index >= 15 is 0 Å². The van der Waals surface area contributed by atoms with E-state index in [1.807, 2.05) is 20.8 Å². The molecule has 1 heterocycles. The van der Waals surface area contributed by atoms with Gasteiger partial charge in [-0.05, 0) is 32.1 Å². The first-order chi connectivity index (χ1) is 16.6. The monoisotopic (exact) mass is 570 g/mol. The number of ether oxygens (including phenoxy) is 2. The van der Waals surface area contributed by atoms with Crippen LogP contribution in [0.3, 0.4) is 0 Å². The predicted octanol–water partition coefficient (Wildman–Crippen LogP) is 2.41. The molecule has 3 atom stereocenters. The summed E-state index contributed by atoms with van der Waals surface area (Å²) in [6, 6.07) is -2.74. The minimum absolute atomic E-state index is 0.0509. The summed E-state index contributed by atoms with van der Waals surface area (Å²) >= 11 is 16.8. The van der Waals surface area contributed by atoms with E-state index in [2.05, 4.69) is 16.1 Å². The lowest BCUT2D eigenvalue weighted by molar-refractivity contribution is -0.152. The van der Waals surface area contributed by atoms with Crippen molar-refractivity contribution in [2.24, 2.45) is 5.41 Å². The van der Waals surface area contributed by atoms with Crippen LogP contribution >= 0.6 is 34.8 Å². The molecule has 206 valence electrons. The van der Waals surface area contributed by atoms with Gasteiger partial charge in [0.1, 0.15) is 24.7 Å². The number of halogens is 3. The highest BCUT2D eigenvalue weighted by Crippen LogP contribution is 2.26. The molecule has 0 unspecified atom stereocenters. The molecule has 0 aromatic carbocycles. The number of allylic oxidation sites excluding steroid dienone is 1. The molecule has 3 amide bonds. The lowest BCUT2D eigenvalue weighted by Crippen LogP contribution is -2.61. The summed E-state index contributed by atoms with van der Waals surface area (Å²) in [5.74, 6) is -2.03. The second-order valence-electron chi connectivity index (χ2n) is 9.74. The molecule has 1 rings (SSSR count). The zero-order valence-corrected chi connectivity index (χ0v) is 23.6. The van der Waals surface area contributed by atoms with Gasteiger partial charge in [-0.15, -0.1) is 0 Å². The van der Waals surface area contributed by atoms with Crippen molar-refractivity contribution in [3.05, 3.63) is 12.2 Å². The van der Waals surface area contributed by atoms with Gasteiger partial charge in [-0.25, -0.2) is 5.43 Å². The number of nitrogens with zero attached hydrogens (tertiary/aromatic N) is 1. The summed E-state index contributed by atoms with van der Waals surface area (Å²) in [5.41, 5.74) is 2.68. The molecule has 0 aromatic rings. The highest BCUT2D eigenvalue weighted by atomic mass is 35.6. The minimum atomic E-state index is -1.74. The highest BCUT2D eigenvalue weighted by molar-refractivity contribution is 6.67. The van der Waals surface area contributed by atoms with Gasteiger partial charge in [-0.1, -0.05) is 67.7 Å². The van der Waals surface area contributed by atoms with E-state index in [-0.39, 0.29) is 24.3 Å². The molecular weight excluding hydrogens is 535 g/mol. The van der Waals surface area contributed by atoms with Crippen LogP contribution in [0.1, 0.15) is 53.9 Å². The molecule has 0 aliphatic carbocycles. The van der Waals surface area contributed by atoms with Crippen molar-refractivity contribution in [3.63, 3.8) is 0 Å². The number of alkyl halides is 3. The number of rotatable bonds is 11. The Morgan fingerprint density at radius 2 is 1.81 bits per heavy atom. The second kappa shape index (κ2) is 15.0. The molecule has 3 N–H and O–H groups in total. The zero-order chi connectivity index (χ0) is 27.5. The number of amides is 3. The lowest BCUT2D eigenvalue weighted by atomic mass is 9.99. The number of hydrazine groups is 1. The summed E-state index contributed by atoms with van der Waals surface area (Å²) in [6.07, 6.45) is 4.47. The standard InChI is InChI=1S/C23H37Cl3N4O6/c1-6-7-10-18(31)28-17(12-35-13-22(3,4)5)19(32)27-15(2)20(33)30-11-8-9-16(29-30)21(34)36-14-23(24,25)26/h6-7,15-17,29H,8-14H2,1-5H3,(H,27,32)(H,28,31)/b7-6+/t15-,16-,17-/m0/s1. The Bertz CT molecular complexity index is 798. The Morgan fingerprint density at radius 1 is 1.14 bits per heavy atom. The van der Waals surface area contributed by atoms with Gasteiger partial charge >= 0.3 is 5.97 Å². The number of hydrogen-bond acceptors (Lipinski definition) is 7. The Kier molecular flexibility index (Phi) is 13.5. The van der Waals surface area contributed by atoms with Gasteiger partial charge in [0.05, 0.1) is 13.2 Å². The fraction of sp³-hybridized carbons (Fsp3) is 0.739. The molecule has 0 saturated carbocycles. The van der Waals surface area contributed by atoms with Crippen LogP contribution in [0, 0.1) is 5.41 Å². The van der Waals surface area contributed by atoms with E-state index in [0.29, 0.717) is 26.0 Å². The first-order valence-electron chi connectivity index (χ1n) is 11.7. The van der Waals surface area contributed by atoms with Crippen molar-refractivity contribution in [1.82, 2.24) is 21.1 Å². The molecule has 1 fully saturated rings. The van der Waals surface area contributed by atoms with Crippen LogP contribution in [0.25, 0.3) is 0 Å². The molecule has 36 heavy (non-hydrogen) atoms. The number of carbonyl (C=O) groups is 4. The first-order valence-corrected chi connectivity index (χ1v) is 12.9. The molecule has 0 radical (unpaired) electrons.